The van der Waals surface area contributed by atoms with Gasteiger partial charge in [-0.1, -0.05) is 25.7 Å². The van der Waals surface area contributed by atoms with Crippen LogP contribution in [0.2, 0.25) is 0 Å². The molecule has 3 atom stereocenters. The van der Waals surface area contributed by atoms with Gasteiger partial charge in [-0.2, -0.15) is 0 Å². The highest BCUT2D eigenvalue weighted by atomic mass is 16.3. The number of aliphatic hydroxyl groups excluding tert-OH is 1. The molecule has 3 unspecified atom stereocenters. The van der Waals surface area contributed by atoms with E-state index in [2.05, 4.69) is 4.90 Å². The average Bonchev–Trinajstić information content (AvgIpc) is 3.06. The van der Waals surface area contributed by atoms with E-state index in [0.29, 0.717) is 12.0 Å². The van der Waals surface area contributed by atoms with E-state index in [4.69, 9.17) is 0 Å². The lowest BCUT2D eigenvalue weighted by molar-refractivity contribution is 0.0216. The van der Waals surface area contributed by atoms with Crippen LogP contribution in [0.1, 0.15) is 57.8 Å². The quantitative estimate of drug-likeness (QED) is 0.812. The molecule has 2 nitrogen and oxygen atoms in total. The van der Waals surface area contributed by atoms with Crippen molar-refractivity contribution in [3.05, 3.63) is 0 Å². The zero-order chi connectivity index (χ0) is 11.7. The third-order valence-electron chi connectivity index (χ3n) is 5.21. The van der Waals surface area contributed by atoms with E-state index >= 15 is 0 Å². The fourth-order valence-corrected chi connectivity index (χ4v) is 3.96. The van der Waals surface area contributed by atoms with E-state index in [0.717, 1.165) is 12.3 Å². The van der Waals surface area contributed by atoms with Gasteiger partial charge < -0.3 is 10.0 Å². The highest BCUT2D eigenvalue weighted by Crippen LogP contribution is 2.37. The molecule has 3 aliphatic rings. The second-order valence-electron chi connectivity index (χ2n) is 6.49. The summed E-state index contributed by atoms with van der Waals surface area (Å²) in [6.07, 6.45) is 12.0. The summed E-state index contributed by atoms with van der Waals surface area (Å²) in [7, 11) is 0. The molecule has 1 saturated heterocycles. The normalized spacial score (nSPS) is 39.7. The second-order valence-corrected chi connectivity index (χ2v) is 6.49. The second kappa shape index (κ2) is 5.27. The van der Waals surface area contributed by atoms with Crippen molar-refractivity contribution < 1.29 is 5.11 Å². The molecule has 2 aliphatic carbocycles. The van der Waals surface area contributed by atoms with Gasteiger partial charge in [-0.15, -0.1) is 0 Å². The molecule has 3 rings (SSSR count). The Kier molecular flexibility index (Phi) is 3.72. The van der Waals surface area contributed by atoms with Gasteiger partial charge in [0.2, 0.25) is 0 Å². The summed E-state index contributed by atoms with van der Waals surface area (Å²) in [6.45, 7) is 2.60. The van der Waals surface area contributed by atoms with Crippen LogP contribution >= 0.6 is 0 Å². The van der Waals surface area contributed by atoms with Crippen molar-refractivity contribution in [2.75, 3.05) is 13.1 Å². The first kappa shape index (κ1) is 12.0. The Labute approximate surface area is 105 Å². The molecule has 98 valence electrons. The SMILES string of the molecule is OC1CCCCC1C1CCCN1CCC1CC1. The number of hydrogen-bond donors (Lipinski definition) is 1. The molecular weight excluding hydrogens is 210 g/mol. The molecule has 0 aromatic rings. The van der Waals surface area contributed by atoms with Crippen LogP contribution in [-0.4, -0.2) is 35.2 Å². The smallest absolute Gasteiger partial charge is 0.0583 e. The lowest BCUT2D eigenvalue weighted by Crippen LogP contribution is -2.43. The fourth-order valence-electron chi connectivity index (χ4n) is 3.96. The van der Waals surface area contributed by atoms with E-state index < -0.39 is 0 Å². The van der Waals surface area contributed by atoms with Gasteiger partial charge >= 0.3 is 0 Å². The summed E-state index contributed by atoms with van der Waals surface area (Å²) in [6, 6.07) is 0.712. The topological polar surface area (TPSA) is 23.5 Å². The minimum atomic E-state index is -0.00438. The Morgan fingerprint density at radius 3 is 2.53 bits per heavy atom. The maximum atomic E-state index is 10.2. The Hall–Kier alpha value is -0.0800. The molecule has 1 N–H and O–H groups in total. The highest BCUT2D eigenvalue weighted by molar-refractivity contribution is 4.91. The Morgan fingerprint density at radius 1 is 0.941 bits per heavy atom. The molecule has 0 bridgehead atoms. The third-order valence-corrected chi connectivity index (χ3v) is 5.21. The van der Waals surface area contributed by atoms with Crippen molar-refractivity contribution in [2.24, 2.45) is 11.8 Å². The lowest BCUT2D eigenvalue weighted by Gasteiger charge is -2.37. The first-order valence-electron chi connectivity index (χ1n) is 7.77. The van der Waals surface area contributed by atoms with E-state index in [-0.39, 0.29) is 6.10 Å². The molecule has 1 aliphatic heterocycles. The minimum absolute atomic E-state index is 0.00438. The molecule has 17 heavy (non-hydrogen) atoms. The summed E-state index contributed by atoms with van der Waals surface area (Å²) < 4.78 is 0. The molecule has 0 spiro atoms. The number of likely N-dealkylation sites (tertiary alicyclic amines) is 1. The summed E-state index contributed by atoms with van der Waals surface area (Å²) in [4.78, 5) is 2.71. The molecule has 3 fully saturated rings. The van der Waals surface area contributed by atoms with Crippen molar-refractivity contribution >= 4 is 0 Å². The van der Waals surface area contributed by atoms with Crippen LogP contribution in [0.15, 0.2) is 0 Å². The van der Waals surface area contributed by atoms with E-state index in [1.165, 1.54) is 64.5 Å². The zero-order valence-corrected chi connectivity index (χ0v) is 11.0. The van der Waals surface area contributed by atoms with Gasteiger partial charge in [-0.05, 0) is 51.1 Å². The summed E-state index contributed by atoms with van der Waals surface area (Å²) >= 11 is 0. The van der Waals surface area contributed by atoms with Crippen LogP contribution in [0.4, 0.5) is 0 Å². The number of nitrogens with zero attached hydrogens (tertiary/aromatic N) is 1. The monoisotopic (exact) mass is 237 g/mol. The lowest BCUT2D eigenvalue weighted by atomic mass is 9.80. The maximum Gasteiger partial charge on any atom is 0.0583 e. The van der Waals surface area contributed by atoms with Crippen LogP contribution in [-0.2, 0) is 0 Å². The van der Waals surface area contributed by atoms with Crippen molar-refractivity contribution in [2.45, 2.75) is 69.9 Å². The van der Waals surface area contributed by atoms with Gasteiger partial charge in [-0.3, -0.25) is 0 Å². The first-order valence-corrected chi connectivity index (χ1v) is 7.77. The van der Waals surface area contributed by atoms with Crippen molar-refractivity contribution in [1.29, 1.82) is 0 Å². The fraction of sp³-hybridized carbons (Fsp3) is 1.00. The Bertz CT molecular complexity index is 251. The summed E-state index contributed by atoms with van der Waals surface area (Å²) in [5, 5.41) is 10.2. The Morgan fingerprint density at radius 2 is 1.76 bits per heavy atom. The number of rotatable bonds is 4. The maximum absolute atomic E-state index is 10.2. The predicted molar refractivity (Wildman–Crippen MR) is 69.9 cm³/mol. The van der Waals surface area contributed by atoms with Crippen LogP contribution in [0.3, 0.4) is 0 Å². The van der Waals surface area contributed by atoms with Gasteiger partial charge in [0.15, 0.2) is 0 Å². The third kappa shape index (κ3) is 2.85. The number of aliphatic hydroxyl groups is 1. The number of hydrogen-bond acceptors (Lipinski definition) is 2. The van der Waals surface area contributed by atoms with E-state index in [1.54, 1.807) is 0 Å². The predicted octanol–water partition coefficient (Wildman–Crippen LogP) is 2.80. The van der Waals surface area contributed by atoms with Gasteiger partial charge in [0.05, 0.1) is 6.10 Å². The van der Waals surface area contributed by atoms with Crippen LogP contribution < -0.4 is 0 Å². The molecular formula is C15H27NO. The van der Waals surface area contributed by atoms with Crippen LogP contribution in [0.5, 0.6) is 0 Å². The summed E-state index contributed by atoms with van der Waals surface area (Å²) in [5.74, 6) is 1.64. The largest absolute Gasteiger partial charge is 0.393 e. The van der Waals surface area contributed by atoms with Crippen LogP contribution in [0.25, 0.3) is 0 Å². The standard InChI is InChI=1S/C15H27NO/c17-15-6-2-1-4-13(15)14-5-3-10-16(14)11-9-12-7-8-12/h12-15,17H,1-11H2. The molecule has 0 aromatic carbocycles. The van der Waals surface area contributed by atoms with Gasteiger partial charge in [0, 0.05) is 12.0 Å². The first-order chi connectivity index (χ1) is 8.34. The van der Waals surface area contributed by atoms with Gasteiger partial charge in [0.25, 0.3) is 0 Å². The van der Waals surface area contributed by atoms with Gasteiger partial charge in [0.1, 0.15) is 0 Å². The highest BCUT2D eigenvalue weighted by Gasteiger charge is 2.37. The van der Waals surface area contributed by atoms with Crippen molar-refractivity contribution in [3.63, 3.8) is 0 Å². The average molecular weight is 237 g/mol. The van der Waals surface area contributed by atoms with Crippen molar-refractivity contribution in [1.82, 2.24) is 4.90 Å². The van der Waals surface area contributed by atoms with E-state index in [1.807, 2.05) is 0 Å². The van der Waals surface area contributed by atoms with Gasteiger partial charge in [-0.25, -0.2) is 0 Å². The molecule has 2 saturated carbocycles. The molecule has 2 heteroatoms. The summed E-state index contributed by atoms with van der Waals surface area (Å²) in [5.41, 5.74) is 0. The molecule has 0 amide bonds. The molecule has 0 radical (unpaired) electrons. The van der Waals surface area contributed by atoms with Crippen molar-refractivity contribution in [3.8, 4) is 0 Å². The minimum Gasteiger partial charge on any atom is -0.393 e. The zero-order valence-electron chi connectivity index (χ0n) is 11.0. The van der Waals surface area contributed by atoms with Crippen LogP contribution in [0, 0.1) is 11.8 Å². The molecule has 1 heterocycles. The molecule has 0 aromatic heterocycles. The Balaban J connectivity index is 1.55. The van der Waals surface area contributed by atoms with E-state index in [9.17, 15) is 5.11 Å².